The van der Waals surface area contributed by atoms with Crippen LogP contribution in [0.15, 0.2) is 24.3 Å². The molecule has 0 aliphatic carbocycles. The average molecular weight is 364 g/mol. The van der Waals surface area contributed by atoms with E-state index in [0.717, 1.165) is 0 Å². The van der Waals surface area contributed by atoms with Crippen LogP contribution in [0, 0.1) is 29.8 Å². The van der Waals surface area contributed by atoms with Gasteiger partial charge in [0.25, 0.3) is 0 Å². The van der Waals surface area contributed by atoms with Crippen molar-refractivity contribution in [2.75, 3.05) is 5.32 Å². The van der Waals surface area contributed by atoms with Crippen LogP contribution in [0.25, 0.3) is 0 Å². The monoisotopic (exact) mass is 364 g/mol. The quantitative estimate of drug-likeness (QED) is 0.550. The Bertz CT molecular complexity index is 833. The molecule has 1 aromatic carbocycles. The van der Waals surface area contributed by atoms with Crippen LogP contribution in [0.1, 0.15) is 17.8 Å². The van der Waals surface area contributed by atoms with E-state index < -0.39 is 22.7 Å². The second-order valence-corrected chi connectivity index (χ2v) is 5.38. The number of nitrogens with one attached hydrogen (secondary N) is 3. The van der Waals surface area contributed by atoms with Crippen LogP contribution in [-0.4, -0.2) is 26.6 Å². The van der Waals surface area contributed by atoms with E-state index >= 15 is 0 Å². The Morgan fingerprint density at radius 1 is 1.23 bits per heavy atom. The molecule has 2 aromatic rings. The molecule has 10 nitrogen and oxygen atoms in total. The summed E-state index contributed by atoms with van der Waals surface area (Å²) in [5.74, 6) is -0.942. The summed E-state index contributed by atoms with van der Waals surface area (Å²) in [5.41, 5.74) is 5.24. The summed E-state index contributed by atoms with van der Waals surface area (Å²) in [7, 11) is 0. The highest BCUT2D eigenvalue weighted by Gasteiger charge is 2.21. The zero-order valence-corrected chi connectivity index (χ0v) is 14.1. The van der Waals surface area contributed by atoms with Crippen molar-refractivity contribution in [3.8, 4) is 0 Å². The smallest absolute Gasteiger partial charge is 0.307 e. The molecule has 3 N–H and O–H groups in total. The molecule has 3 amide bonds. The Morgan fingerprint density at radius 2 is 1.88 bits per heavy atom. The van der Waals surface area contributed by atoms with E-state index in [2.05, 4.69) is 21.3 Å². The molecule has 0 saturated carbocycles. The molecule has 0 fully saturated rings. The van der Waals surface area contributed by atoms with E-state index in [9.17, 15) is 24.1 Å². The number of amides is 3. The molecule has 2 rings (SSSR count). The topological polar surface area (TPSA) is 131 Å². The molecule has 1 heterocycles. The van der Waals surface area contributed by atoms with Gasteiger partial charge in [-0.2, -0.15) is 5.10 Å². The third kappa shape index (κ3) is 4.75. The molecule has 0 aliphatic rings. The molecule has 1 aromatic heterocycles. The average Bonchev–Trinajstić information content (AvgIpc) is 2.87. The second kappa shape index (κ2) is 8.05. The normalized spacial score (nSPS) is 10.3. The number of hydrogen-bond acceptors (Lipinski definition) is 5. The van der Waals surface area contributed by atoms with Crippen LogP contribution in [0.2, 0.25) is 0 Å². The highest BCUT2D eigenvalue weighted by molar-refractivity contribution is 5.90. The molecule has 26 heavy (non-hydrogen) atoms. The number of urea groups is 1. The van der Waals surface area contributed by atoms with E-state index in [1.54, 1.807) is 6.92 Å². The molecule has 0 radical (unpaired) electrons. The van der Waals surface area contributed by atoms with Gasteiger partial charge in [0.2, 0.25) is 5.91 Å². The highest BCUT2D eigenvalue weighted by Crippen LogP contribution is 2.21. The van der Waals surface area contributed by atoms with Crippen molar-refractivity contribution in [1.29, 1.82) is 0 Å². The Balaban J connectivity index is 1.80. The van der Waals surface area contributed by atoms with Crippen LogP contribution in [0.4, 0.5) is 20.6 Å². The molecular formula is C15H17FN6O4. The Morgan fingerprint density at radius 3 is 2.46 bits per heavy atom. The number of halogens is 1. The lowest BCUT2D eigenvalue weighted by molar-refractivity contribution is -0.386. The first-order valence-electron chi connectivity index (χ1n) is 7.57. The van der Waals surface area contributed by atoms with Crippen molar-refractivity contribution >= 4 is 23.3 Å². The van der Waals surface area contributed by atoms with Crippen molar-refractivity contribution in [2.45, 2.75) is 26.8 Å². The summed E-state index contributed by atoms with van der Waals surface area (Å²) in [5, 5.41) is 17.4. The standard InChI is InChI=1S/C15H17FN6O4/c1-9-14(22(25)26)10(2)21(20-9)8-7-13(23)18-19-15(24)17-12-5-3-11(16)4-6-12/h3-6H,7-8H2,1-2H3,(H,18,23)(H2,17,19,24). The number of aryl methyl sites for hydroxylation is 2. The van der Waals surface area contributed by atoms with E-state index in [0.29, 0.717) is 11.4 Å². The molecule has 0 unspecified atom stereocenters. The van der Waals surface area contributed by atoms with Crippen LogP contribution < -0.4 is 16.2 Å². The van der Waals surface area contributed by atoms with Gasteiger partial charge < -0.3 is 5.32 Å². The van der Waals surface area contributed by atoms with Crippen LogP contribution in [0.3, 0.4) is 0 Å². The maximum Gasteiger partial charge on any atom is 0.337 e. The van der Waals surface area contributed by atoms with Gasteiger partial charge in [-0.25, -0.2) is 14.6 Å². The predicted octanol–water partition coefficient (Wildman–Crippen LogP) is 1.79. The first-order valence-corrected chi connectivity index (χ1v) is 7.57. The fourth-order valence-electron chi connectivity index (χ4n) is 2.26. The molecule has 11 heteroatoms. The first-order chi connectivity index (χ1) is 12.3. The lowest BCUT2D eigenvalue weighted by Gasteiger charge is -2.09. The van der Waals surface area contributed by atoms with Gasteiger partial charge in [0.15, 0.2) is 0 Å². The van der Waals surface area contributed by atoms with E-state index in [1.165, 1.54) is 35.9 Å². The zero-order chi connectivity index (χ0) is 19.3. The minimum atomic E-state index is -0.702. The summed E-state index contributed by atoms with van der Waals surface area (Å²) in [4.78, 5) is 33.8. The molecule has 0 bridgehead atoms. The third-order valence-electron chi connectivity index (χ3n) is 3.49. The van der Waals surface area contributed by atoms with Crippen molar-refractivity contribution in [3.63, 3.8) is 0 Å². The maximum absolute atomic E-state index is 12.8. The molecule has 0 saturated heterocycles. The number of nitro groups is 1. The number of hydrogen-bond donors (Lipinski definition) is 3. The van der Waals surface area contributed by atoms with Gasteiger partial charge in [-0.1, -0.05) is 0 Å². The van der Waals surface area contributed by atoms with Crippen molar-refractivity contribution in [2.24, 2.45) is 0 Å². The first kappa shape index (κ1) is 18.8. The van der Waals surface area contributed by atoms with Gasteiger partial charge >= 0.3 is 11.7 Å². The van der Waals surface area contributed by atoms with E-state index in [4.69, 9.17) is 0 Å². The summed E-state index contributed by atoms with van der Waals surface area (Å²) in [6, 6.07) is 4.40. The minimum absolute atomic E-state index is 0.0457. The number of rotatable bonds is 5. The Kier molecular flexibility index (Phi) is 5.83. The molecule has 138 valence electrons. The minimum Gasteiger partial charge on any atom is -0.307 e. The number of aromatic nitrogens is 2. The van der Waals surface area contributed by atoms with Gasteiger partial charge in [0.1, 0.15) is 17.2 Å². The fourth-order valence-corrected chi connectivity index (χ4v) is 2.26. The number of nitrogens with zero attached hydrogens (tertiary/aromatic N) is 3. The summed E-state index contributed by atoms with van der Waals surface area (Å²) < 4.78 is 14.1. The van der Waals surface area contributed by atoms with Gasteiger partial charge in [-0.3, -0.25) is 25.0 Å². The second-order valence-electron chi connectivity index (χ2n) is 5.38. The number of benzene rings is 1. The van der Waals surface area contributed by atoms with Crippen molar-refractivity contribution in [1.82, 2.24) is 20.6 Å². The number of carbonyl (C=O) groups excluding carboxylic acids is 2. The van der Waals surface area contributed by atoms with Gasteiger partial charge in [-0.05, 0) is 38.1 Å². The maximum atomic E-state index is 12.8. The van der Waals surface area contributed by atoms with E-state index in [1.807, 2.05) is 0 Å². The molecule has 0 spiro atoms. The van der Waals surface area contributed by atoms with Gasteiger partial charge in [-0.15, -0.1) is 0 Å². The van der Waals surface area contributed by atoms with Crippen LogP contribution >= 0.6 is 0 Å². The zero-order valence-electron chi connectivity index (χ0n) is 14.1. The number of anilines is 1. The fraction of sp³-hybridized carbons (Fsp3) is 0.267. The summed E-state index contributed by atoms with van der Waals surface area (Å²) >= 11 is 0. The lowest BCUT2D eigenvalue weighted by atomic mass is 10.3. The largest absolute Gasteiger partial charge is 0.337 e. The molecular weight excluding hydrogens is 347 g/mol. The van der Waals surface area contributed by atoms with Crippen molar-refractivity contribution in [3.05, 3.63) is 51.6 Å². The number of carbonyl (C=O) groups is 2. The Labute approximate surface area is 147 Å². The Hall–Kier alpha value is -3.50. The van der Waals surface area contributed by atoms with E-state index in [-0.39, 0.29) is 24.3 Å². The van der Waals surface area contributed by atoms with Crippen LogP contribution in [-0.2, 0) is 11.3 Å². The number of hydrazine groups is 1. The van der Waals surface area contributed by atoms with Crippen molar-refractivity contribution < 1.29 is 18.9 Å². The van der Waals surface area contributed by atoms with Gasteiger partial charge in [0.05, 0.1) is 11.5 Å². The third-order valence-corrected chi connectivity index (χ3v) is 3.49. The van der Waals surface area contributed by atoms with Gasteiger partial charge in [0, 0.05) is 12.1 Å². The SMILES string of the molecule is Cc1nn(CCC(=O)NNC(=O)Nc2ccc(F)cc2)c(C)c1[N+](=O)[O-]. The summed E-state index contributed by atoms with van der Waals surface area (Å²) in [6.45, 7) is 3.18. The molecule has 0 aliphatic heterocycles. The highest BCUT2D eigenvalue weighted by atomic mass is 19.1. The molecule has 0 atom stereocenters. The summed E-state index contributed by atoms with van der Waals surface area (Å²) in [6.07, 6.45) is -0.0457. The lowest BCUT2D eigenvalue weighted by Crippen LogP contribution is -2.44. The predicted molar refractivity (Wildman–Crippen MR) is 89.7 cm³/mol. The van der Waals surface area contributed by atoms with Crippen LogP contribution in [0.5, 0.6) is 0 Å².